The van der Waals surface area contributed by atoms with Gasteiger partial charge < -0.3 is 35.6 Å². The molecule has 0 saturated heterocycles. The third-order valence-corrected chi connectivity index (χ3v) is 2.17. The minimum atomic E-state index is -1.23. The van der Waals surface area contributed by atoms with Crippen LogP contribution in [0.2, 0.25) is 0 Å². The predicted octanol–water partition coefficient (Wildman–Crippen LogP) is -1.90. The van der Waals surface area contributed by atoms with Crippen molar-refractivity contribution in [3.63, 3.8) is 0 Å². The van der Waals surface area contributed by atoms with Crippen LogP contribution in [0.3, 0.4) is 0 Å². The van der Waals surface area contributed by atoms with Crippen molar-refractivity contribution in [1.82, 2.24) is 22.1 Å². The van der Waals surface area contributed by atoms with Crippen LogP contribution < -0.4 is 12.3 Å². The third kappa shape index (κ3) is 19.2. The molecule has 0 saturated carbocycles. The first kappa shape index (κ1) is 30.2. The number of rotatable bonds is 11. The molecule has 0 aromatic rings. The van der Waals surface area contributed by atoms with Gasteiger partial charge in [-0.3, -0.25) is 29.0 Å². The molecule has 0 amide bonds. The van der Waals surface area contributed by atoms with Crippen molar-refractivity contribution in [3.8, 4) is 0 Å². The van der Waals surface area contributed by atoms with Crippen molar-refractivity contribution in [2.45, 2.75) is 0 Å². The van der Waals surface area contributed by atoms with E-state index in [-0.39, 0.29) is 77.1 Å². The van der Waals surface area contributed by atoms with Gasteiger partial charge in [0.15, 0.2) is 0 Å². The zero-order valence-corrected chi connectivity index (χ0v) is 17.1. The Hall–Kier alpha value is -0.709. The van der Waals surface area contributed by atoms with E-state index in [4.69, 9.17) is 20.4 Å². The Labute approximate surface area is 175 Å². The van der Waals surface area contributed by atoms with Crippen LogP contribution in [0.1, 0.15) is 2.85 Å². The van der Waals surface area contributed by atoms with Crippen molar-refractivity contribution in [3.05, 3.63) is 0 Å². The summed E-state index contributed by atoms with van der Waals surface area (Å²) in [5, 5.41) is 34.5. The number of carboxylic acid groups (broad SMARTS) is 4. The van der Waals surface area contributed by atoms with Crippen LogP contribution >= 0.6 is 0 Å². The standard InChI is InChI=1S/C10H16N2O8.Ba.2H3N.2H/c13-7(14)3-11(4-8(15)16)1-2-12(5-9(17)18)6-10(19)20;;;;;/h1-6H2,(H,13,14)(H,15,16)(H,17,18)(H,19,20);;2*1H3;;/q;+2;;;2*-1. The van der Waals surface area contributed by atoms with Crippen LogP contribution in [-0.4, -0.2) is 142 Å². The molecule has 0 aromatic heterocycles. The largest absolute Gasteiger partial charge is 2.00 e. The van der Waals surface area contributed by atoms with E-state index in [0.717, 1.165) is 9.80 Å². The normalized spacial score (nSPS) is 9.30. The van der Waals surface area contributed by atoms with Gasteiger partial charge in [0, 0.05) is 13.1 Å². The molecule has 0 aromatic carbocycles. The molecule has 0 atom stereocenters. The van der Waals surface area contributed by atoms with Gasteiger partial charge in [0.05, 0.1) is 26.2 Å². The molecule has 12 nitrogen and oxygen atoms in total. The van der Waals surface area contributed by atoms with Crippen LogP contribution in [0.15, 0.2) is 0 Å². The van der Waals surface area contributed by atoms with E-state index in [1.165, 1.54) is 0 Å². The Morgan fingerprint density at radius 1 is 0.609 bits per heavy atom. The summed E-state index contributed by atoms with van der Waals surface area (Å²) in [5.74, 6) is -4.91. The van der Waals surface area contributed by atoms with Crippen LogP contribution in [0, 0.1) is 0 Å². The molecule has 13 heteroatoms. The van der Waals surface area contributed by atoms with Gasteiger partial charge in [-0.05, 0) is 0 Å². The van der Waals surface area contributed by atoms with Gasteiger partial charge >= 0.3 is 72.8 Å². The Bertz CT molecular complexity index is 337. The van der Waals surface area contributed by atoms with Crippen molar-refractivity contribution in [2.24, 2.45) is 0 Å². The van der Waals surface area contributed by atoms with Crippen LogP contribution in [-0.2, 0) is 19.2 Å². The van der Waals surface area contributed by atoms with E-state index in [1.807, 2.05) is 0 Å². The Morgan fingerprint density at radius 3 is 0.913 bits per heavy atom. The molecule has 0 spiro atoms. The van der Waals surface area contributed by atoms with Gasteiger partial charge in [0.2, 0.25) is 0 Å². The van der Waals surface area contributed by atoms with Gasteiger partial charge in [-0.15, -0.1) is 0 Å². The average molecular weight is 466 g/mol. The van der Waals surface area contributed by atoms with Gasteiger partial charge in [0.25, 0.3) is 0 Å². The summed E-state index contributed by atoms with van der Waals surface area (Å²) in [5.41, 5.74) is 0. The molecule has 0 radical (unpaired) electrons. The summed E-state index contributed by atoms with van der Waals surface area (Å²) < 4.78 is 0. The minimum Gasteiger partial charge on any atom is -1.00 e. The molecule has 0 rings (SSSR count). The predicted molar refractivity (Wildman–Crippen MR) is 81.4 cm³/mol. The maximum Gasteiger partial charge on any atom is 2.00 e. The van der Waals surface area contributed by atoms with Gasteiger partial charge in [-0.2, -0.15) is 0 Å². The fourth-order valence-electron chi connectivity index (χ4n) is 1.48. The number of carbonyl (C=O) groups is 4. The van der Waals surface area contributed by atoms with Crippen molar-refractivity contribution in [1.29, 1.82) is 0 Å². The van der Waals surface area contributed by atoms with Crippen molar-refractivity contribution < 1.29 is 42.5 Å². The Balaban J connectivity index is -0.000000180. The minimum absolute atomic E-state index is 0. The van der Waals surface area contributed by atoms with Crippen LogP contribution in [0.25, 0.3) is 0 Å². The topological polar surface area (TPSA) is 226 Å². The quantitative estimate of drug-likeness (QED) is 0.184. The summed E-state index contributed by atoms with van der Waals surface area (Å²) >= 11 is 0. The average Bonchev–Trinajstić information content (AvgIpc) is 2.22. The number of hydrogen-bond donors (Lipinski definition) is 6. The summed E-state index contributed by atoms with van der Waals surface area (Å²) in [7, 11) is 0. The van der Waals surface area contributed by atoms with E-state index < -0.39 is 50.1 Å². The van der Waals surface area contributed by atoms with E-state index in [9.17, 15) is 19.2 Å². The Morgan fingerprint density at radius 2 is 0.783 bits per heavy atom. The van der Waals surface area contributed by atoms with Crippen molar-refractivity contribution in [2.75, 3.05) is 39.3 Å². The van der Waals surface area contributed by atoms with Gasteiger partial charge in [-0.25, -0.2) is 0 Å². The summed E-state index contributed by atoms with van der Waals surface area (Å²) in [4.78, 5) is 44.4. The smallest absolute Gasteiger partial charge is 1.00 e. The second-order valence-corrected chi connectivity index (χ2v) is 4.00. The first-order valence-electron chi connectivity index (χ1n) is 5.52. The number of carboxylic acids is 4. The molecule has 0 unspecified atom stereocenters. The van der Waals surface area contributed by atoms with Crippen LogP contribution in [0.5, 0.6) is 0 Å². The second-order valence-electron chi connectivity index (χ2n) is 4.00. The summed E-state index contributed by atoms with van der Waals surface area (Å²) in [6.07, 6.45) is 0. The molecule has 10 N–H and O–H groups in total. The maximum absolute atomic E-state index is 10.6. The summed E-state index contributed by atoms with van der Waals surface area (Å²) in [6, 6.07) is 0. The third-order valence-electron chi connectivity index (χ3n) is 2.17. The molecule has 0 aliphatic carbocycles. The fraction of sp³-hybridized carbons (Fsp3) is 0.600. The van der Waals surface area contributed by atoms with Crippen LogP contribution in [0.4, 0.5) is 0 Å². The first-order chi connectivity index (χ1) is 9.20. The first-order valence-corrected chi connectivity index (χ1v) is 5.52. The number of hydrogen-bond acceptors (Lipinski definition) is 8. The molecular formula is C10H24BaN4O8. The zero-order chi connectivity index (χ0) is 15.7. The summed E-state index contributed by atoms with van der Waals surface area (Å²) in [6.45, 7) is -2.25. The molecule has 134 valence electrons. The SMILES string of the molecule is N.N.O=C(O)CN(CCN(CC(=O)O)CC(=O)O)CC(=O)O.[Ba+2].[H-].[H-]. The molecule has 0 aliphatic heterocycles. The van der Waals surface area contributed by atoms with E-state index in [0.29, 0.717) is 0 Å². The van der Waals surface area contributed by atoms with Gasteiger partial charge in [0.1, 0.15) is 0 Å². The fourth-order valence-corrected chi connectivity index (χ4v) is 1.48. The van der Waals surface area contributed by atoms with Gasteiger partial charge in [-0.1, -0.05) is 0 Å². The van der Waals surface area contributed by atoms with E-state index >= 15 is 0 Å². The molecule has 0 fully saturated rings. The monoisotopic (exact) mass is 466 g/mol. The molecular weight excluding hydrogens is 441 g/mol. The number of nitrogens with zero attached hydrogens (tertiary/aromatic N) is 2. The zero-order valence-electron chi connectivity index (χ0n) is 14.7. The van der Waals surface area contributed by atoms with E-state index in [2.05, 4.69) is 0 Å². The molecule has 0 heterocycles. The molecule has 23 heavy (non-hydrogen) atoms. The van der Waals surface area contributed by atoms with E-state index in [1.54, 1.807) is 0 Å². The molecule has 0 bridgehead atoms. The Kier molecular flexibility index (Phi) is 21.2. The molecule has 0 aliphatic rings. The van der Waals surface area contributed by atoms with Crippen molar-refractivity contribution >= 4 is 72.8 Å². The number of aliphatic carboxylic acids is 4. The maximum atomic E-state index is 10.6. The second kappa shape index (κ2) is 16.2.